The first-order chi connectivity index (χ1) is 13.9. The van der Waals surface area contributed by atoms with Gasteiger partial charge in [0.25, 0.3) is 5.91 Å². The molecule has 3 N–H and O–H groups in total. The van der Waals surface area contributed by atoms with E-state index < -0.39 is 33.7 Å². The first-order valence-corrected chi connectivity index (χ1v) is 9.90. The number of halogens is 3. The highest BCUT2D eigenvalue weighted by Crippen LogP contribution is 2.31. The van der Waals surface area contributed by atoms with Crippen LogP contribution in [0.3, 0.4) is 0 Å². The number of nitrogens with zero attached hydrogens (tertiary/aromatic N) is 4. The lowest BCUT2D eigenvalue weighted by molar-refractivity contribution is -0.137. The molecule has 0 bridgehead atoms. The topological polar surface area (TPSA) is 133 Å². The van der Waals surface area contributed by atoms with Gasteiger partial charge in [-0.2, -0.15) is 18.0 Å². The predicted octanol–water partition coefficient (Wildman–Crippen LogP) is 2.21. The number of nitrogens with one attached hydrogen (secondary N) is 1. The van der Waals surface area contributed by atoms with Crippen LogP contribution in [0, 0.1) is 0 Å². The van der Waals surface area contributed by atoms with Crippen molar-refractivity contribution in [1.29, 1.82) is 0 Å². The zero-order valence-electron chi connectivity index (χ0n) is 15.3. The quantitative estimate of drug-likeness (QED) is 0.625. The van der Waals surface area contributed by atoms with E-state index in [2.05, 4.69) is 20.7 Å². The lowest BCUT2D eigenvalue weighted by Gasteiger charge is -2.11. The van der Waals surface area contributed by atoms with Crippen molar-refractivity contribution in [3.05, 3.63) is 54.1 Å². The highest BCUT2D eigenvalue weighted by atomic mass is 32.2. The van der Waals surface area contributed by atoms with Crippen molar-refractivity contribution in [2.45, 2.75) is 24.0 Å². The van der Waals surface area contributed by atoms with Crippen LogP contribution >= 0.6 is 0 Å². The Hall–Kier alpha value is -3.32. The minimum Gasteiger partial charge on any atom is -0.324 e. The van der Waals surface area contributed by atoms with E-state index in [4.69, 9.17) is 5.14 Å². The Morgan fingerprint density at radius 2 is 1.83 bits per heavy atom. The Morgan fingerprint density at radius 1 is 1.17 bits per heavy atom. The van der Waals surface area contributed by atoms with E-state index in [1.165, 1.54) is 43.3 Å². The van der Waals surface area contributed by atoms with E-state index in [1.54, 1.807) is 0 Å². The maximum absolute atomic E-state index is 12.9. The van der Waals surface area contributed by atoms with E-state index in [0.717, 1.165) is 16.9 Å². The molecule has 0 fully saturated rings. The molecule has 0 radical (unpaired) electrons. The number of amides is 1. The number of carbonyl (C=O) groups excluding carboxylic acids is 1. The summed E-state index contributed by atoms with van der Waals surface area (Å²) in [5.41, 5.74) is -0.454. The zero-order valence-corrected chi connectivity index (χ0v) is 16.1. The number of tetrazole rings is 1. The molecule has 1 atom stereocenters. The molecule has 1 amide bonds. The van der Waals surface area contributed by atoms with Crippen LogP contribution < -0.4 is 10.5 Å². The predicted molar refractivity (Wildman–Crippen MR) is 99.4 cm³/mol. The van der Waals surface area contributed by atoms with Crippen molar-refractivity contribution >= 4 is 21.6 Å². The molecule has 0 saturated carbocycles. The summed E-state index contributed by atoms with van der Waals surface area (Å²) >= 11 is 0. The van der Waals surface area contributed by atoms with Crippen LogP contribution in [0.1, 0.15) is 18.5 Å². The number of nitrogens with two attached hydrogens (primary N) is 1. The van der Waals surface area contributed by atoms with E-state index >= 15 is 0 Å². The summed E-state index contributed by atoms with van der Waals surface area (Å²) in [7, 11) is -3.86. The summed E-state index contributed by atoms with van der Waals surface area (Å²) in [6.45, 7) is 1.46. The average Bonchev–Trinajstić information content (AvgIpc) is 3.16. The third-order valence-electron chi connectivity index (χ3n) is 4.05. The van der Waals surface area contributed by atoms with Gasteiger partial charge in [-0.1, -0.05) is 12.1 Å². The summed E-state index contributed by atoms with van der Waals surface area (Å²) < 4.78 is 61.1. The zero-order chi connectivity index (χ0) is 22.1. The van der Waals surface area contributed by atoms with E-state index in [9.17, 15) is 26.4 Å². The minimum atomic E-state index is -4.52. The third-order valence-corrected chi connectivity index (χ3v) is 4.98. The van der Waals surface area contributed by atoms with Gasteiger partial charge in [-0.25, -0.2) is 13.6 Å². The molecular formula is C17H15F3N6O3S. The number of rotatable bonds is 5. The summed E-state index contributed by atoms with van der Waals surface area (Å²) in [5.74, 6) is -0.621. The molecule has 1 heterocycles. The number of hydrogen-bond acceptors (Lipinski definition) is 6. The van der Waals surface area contributed by atoms with Crippen LogP contribution in [0.5, 0.6) is 0 Å². The van der Waals surface area contributed by atoms with Crippen LogP contribution in [0.4, 0.5) is 18.9 Å². The molecule has 0 aliphatic carbocycles. The average molecular weight is 440 g/mol. The second-order valence-corrected chi connectivity index (χ2v) is 7.81. The van der Waals surface area contributed by atoms with Gasteiger partial charge in [0.05, 0.1) is 10.5 Å². The lowest BCUT2D eigenvalue weighted by atomic mass is 10.1. The third kappa shape index (κ3) is 4.80. The number of alkyl halides is 3. The molecule has 30 heavy (non-hydrogen) atoms. The monoisotopic (exact) mass is 440 g/mol. The second-order valence-electron chi connectivity index (χ2n) is 6.25. The number of aromatic nitrogens is 4. The van der Waals surface area contributed by atoms with Gasteiger partial charge in [0.1, 0.15) is 6.04 Å². The number of hydrogen-bond donors (Lipinski definition) is 2. The molecule has 0 aliphatic heterocycles. The van der Waals surface area contributed by atoms with Crippen LogP contribution in [0.15, 0.2) is 53.4 Å². The molecule has 9 nitrogen and oxygen atoms in total. The highest BCUT2D eigenvalue weighted by Gasteiger charge is 2.31. The van der Waals surface area contributed by atoms with Gasteiger partial charge < -0.3 is 5.32 Å². The summed E-state index contributed by atoms with van der Waals surface area (Å²) in [5, 5.41) is 19.0. The number of sulfonamides is 1. The van der Waals surface area contributed by atoms with Crippen molar-refractivity contribution in [3.63, 3.8) is 0 Å². The van der Waals surface area contributed by atoms with Crippen molar-refractivity contribution in [3.8, 4) is 11.4 Å². The van der Waals surface area contributed by atoms with Gasteiger partial charge in [-0.05, 0) is 48.5 Å². The van der Waals surface area contributed by atoms with Gasteiger partial charge >= 0.3 is 6.18 Å². The van der Waals surface area contributed by atoms with Crippen LogP contribution in [0.25, 0.3) is 11.4 Å². The molecular weight excluding hydrogens is 425 g/mol. The summed E-state index contributed by atoms with van der Waals surface area (Å²) in [6, 6.07) is 8.65. The minimum absolute atomic E-state index is 0.0711. The first-order valence-electron chi connectivity index (χ1n) is 8.36. The summed E-state index contributed by atoms with van der Waals surface area (Å²) in [6.07, 6.45) is -4.52. The Balaban J connectivity index is 1.74. The van der Waals surface area contributed by atoms with Crippen molar-refractivity contribution in [2.24, 2.45) is 5.14 Å². The second kappa shape index (κ2) is 7.84. The molecule has 0 spiro atoms. The van der Waals surface area contributed by atoms with Crippen LogP contribution in [-0.2, 0) is 21.0 Å². The fourth-order valence-electron chi connectivity index (χ4n) is 2.42. The molecule has 0 aliphatic rings. The number of benzene rings is 2. The lowest BCUT2D eigenvalue weighted by Crippen LogP contribution is -2.25. The standard InChI is InChI=1S/C17H15F3N6O3S/c1-10(16(27)22-13-5-7-14(8-6-13)30(21,28)29)26-24-15(23-25-26)11-3-2-4-12(9-11)17(18,19)20/h2-10H,1H3,(H,22,27)(H2,21,28,29). The Labute approximate surface area is 168 Å². The van der Waals surface area contributed by atoms with E-state index in [-0.39, 0.29) is 16.3 Å². The fourth-order valence-corrected chi connectivity index (χ4v) is 2.93. The molecule has 1 aromatic heterocycles. The summed E-state index contributed by atoms with van der Waals surface area (Å²) in [4.78, 5) is 13.2. The van der Waals surface area contributed by atoms with Crippen LogP contribution in [-0.4, -0.2) is 34.5 Å². The normalized spacial score (nSPS) is 13.1. The van der Waals surface area contributed by atoms with Gasteiger partial charge in [-0.15, -0.1) is 10.2 Å². The highest BCUT2D eigenvalue weighted by molar-refractivity contribution is 7.89. The van der Waals surface area contributed by atoms with Crippen molar-refractivity contribution < 1.29 is 26.4 Å². The molecule has 3 aromatic rings. The van der Waals surface area contributed by atoms with Gasteiger partial charge in [-0.3, -0.25) is 4.79 Å². The van der Waals surface area contributed by atoms with Crippen molar-refractivity contribution in [1.82, 2.24) is 20.2 Å². The first kappa shape index (κ1) is 21.4. The maximum Gasteiger partial charge on any atom is 0.416 e. The number of carbonyl (C=O) groups is 1. The SMILES string of the molecule is CC(C(=O)Nc1ccc(S(N)(=O)=O)cc1)n1nnc(-c2cccc(C(F)(F)F)c2)n1. The van der Waals surface area contributed by atoms with Gasteiger partial charge in [0.2, 0.25) is 15.8 Å². The Morgan fingerprint density at radius 3 is 2.43 bits per heavy atom. The molecule has 1 unspecified atom stereocenters. The van der Waals surface area contributed by atoms with Gasteiger partial charge in [0.15, 0.2) is 0 Å². The fraction of sp³-hybridized carbons (Fsp3) is 0.176. The molecule has 0 saturated heterocycles. The molecule has 158 valence electrons. The smallest absolute Gasteiger partial charge is 0.324 e. The largest absolute Gasteiger partial charge is 0.416 e. The molecule has 2 aromatic carbocycles. The van der Waals surface area contributed by atoms with Gasteiger partial charge in [0, 0.05) is 11.3 Å². The molecule has 3 rings (SSSR count). The number of primary sulfonamides is 1. The van der Waals surface area contributed by atoms with E-state index in [1.807, 2.05) is 0 Å². The number of anilines is 1. The maximum atomic E-state index is 12.9. The van der Waals surface area contributed by atoms with E-state index in [0.29, 0.717) is 5.69 Å². The van der Waals surface area contributed by atoms with Crippen molar-refractivity contribution in [2.75, 3.05) is 5.32 Å². The Kier molecular flexibility index (Phi) is 5.59. The van der Waals surface area contributed by atoms with Crippen LogP contribution in [0.2, 0.25) is 0 Å². The molecule has 13 heteroatoms. The Bertz CT molecular complexity index is 1180.